The van der Waals surface area contributed by atoms with E-state index in [1.165, 1.54) is 0 Å². The predicted molar refractivity (Wildman–Crippen MR) is 37.6 cm³/mol. The van der Waals surface area contributed by atoms with E-state index in [0.29, 0.717) is 5.15 Å². The average molecular weight is 145 g/mol. The minimum absolute atomic E-state index is 0.608. The smallest absolute Gasteiger partial charge is 0.150 e. The Kier molecular flexibility index (Phi) is 2.11. The van der Waals surface area contributed by atoms with Crippen LogP contribution in [-0.4, -0.2) is 9.97 Å². The number of rotatable bonds is 2. The van der Waals surface area contributed by atoms with Crippen molar-refractivity contribution in [1.29, 1.82) is 0 Å². The molecule has 0 aliphatic carbocycles. The minimum atomic E-state index is 0.608. The van der Waals surface area contributed by atoms with Crippen molar-refractivity contribution in [2.45, 2.75) is 19.8 Å². The van der Waals surface area contributed by atoms with Crippen molar-refractivity contribution in [2.24, 2.45) is 0 Å². The Morgan fingerprint density at radius 1 is 1.78 bits per heavy atom. The van der Waals surface area contributed by atoms with Gasteiger partial charge in [0.05, 0.1) is 12.0 Å². The fourth-order valence-corrected chi connectivity index (χ4v) is 0.927. The molecule has 2 nitrogen and oxygen atoms in total. The lowest BCUT2D eigenvalue weighted by Crippen LogP contribution is -1.81. The maximum absolute atomic E-state index is 5.68. The minimum Gasteiger partial charge on any atom is -0.347 e. The molecule has 1 rings (SSSR count). The third kappa shape index (κ3) is 1.45. The molecule has 0 fully saturated rings. The van der Waals surface area contributed by atoms with Gasteiger partial charge in [-0.3, -0.25) is 0 Å². The van der Waals surface area contributed by atoms with Crippen molar-refractivity contribution in [3.63, 3.8) is 0 Å². The molecule has 0 radical (unpaired) electrons. The largest absolute Gasteiger partial charge is 0.347 e. The van der Waals surface area contributed by atoms with E-state index in [2.05, 4.69) is 16.9 Å². The molecule has 0 amide bonds. The van der Waals surface area contributed by atoms with Crippen molar-refractivity contribution in [3.05, 3.63) is 17.2 Å². The highest BCUT2D eigenvalue weighted by molar-refractivity contribution is 6.30. The maximum Gasteiger partial charge on any atom is 0.150 e. The summed E-state index contributed by atoms with van der Waals surface area (Å²) in [7, 11) is 0. The highest BCUT2D eigenvalue weighted by atomic mass is 35.5. The Labute approximate surface area is 59.3 Å². The standard InChI is InChI=1S/C6H9ClN2/c1-2-3-5-6(7)9-4-8-5/h4H,2-3H2,1H3,(H,8,9). The summed E-state index contributed by atoms with van der Waals surface area (Å²) in [5.74, 6) is 0. The normalized spacial score (nSPS) is 10.0. The zero-order valence-corrected chi connectivity index (χ0v) is 6.07. The van der Waals surface area contributed by atoms with Crippen LogP contribution in [0.1, 0.15) is 19.0 Å². The summed E-state index contributed by atoms with van der Waals surface area (Å²) in [6.07, 6.45) is 3.70. The van der Waals surface area contributed by atoms with E-state index in [9.17, 15) is 0 Å². The van der Waals surface area contributed by atoms with Crippen LogP contribution >= 0.6 is 11.6 Å². The SMILES string of the molecule is CCCc1[nH]cnc1Cl. The molecule has 9 heavy (non-hydrogen) atoms. The van der Waals surface area contributed by atoms with Crippen molar-refractivity contribution >= 4 is 11.6 Å². The lowest BCUT2D eigenvalue weighted by molar-refractivity contribution is 0.892. The first-order valence-electron chi connectivity index (χ1n) is 3.02. The zero-order valence-electron chi connectivity index (χ0n) is 5.32. The molecule has 0 aliphatic heterocycles. The average Bonchev–Trinajstić information content (AvgIpc) is 2.18. The number of hydrogen-bond acceptors (Lipinski definition) is 1. The monoisotopic (exact) mass is 144 g/mol. The number of nitrogens with zero attached hydrogens (tertiary/aromatic N) is 1. The lowest BCUT2D eigenvalue weighted by atomic mass is 10.3. The van der Waals surface area contributed by atoms with Crippen molar-refractivity contribution < 1.29 is 0 Å². The van der Waals surface area contributed by atoms with Crippen LogP contribution in [0.25, 0.3) is 0 Å². The zero-order chi connectivity index (χ0) is 6.69. The highest BCUT2D eigenvalue weighted by Gasteiger charge is 1.98. The predicted octanol–water partition coefficient (Wildman–Crippen LogP) is 2.02. The topological polar surface area (TPSA) is 28.7 Å². The second-order valence-electron chi connectivity index (χ2n) is 1.92. The summed E-state index contributed by atoms with van der Waals surface area (Å²) in [6, 6.07) is 0. The van der Waals surface area contributed by atoms with E-state index in [0.717, 1.165) is 18.5 Å². The molecule has 50 valence electrons. The number of halogens is 1. The molecule has 3 heteroatoms. The van der Waals surface area contributed by atoms with Gasteiger partial charge in [0.25, 0.3) is 0 Å². The Hall–Kier alpha value is -0.500. The van der Waals surface area contributed by atoms with Crippen LogP contribution in [0.5, 0.6) is 0 Å². The maximum atomic E-state index is 5.68. The fourth-order valence-electron chi connectivity index (χ4n) is 0.730. The molecule has 0 saturated heterocycles. The van der Waals surface area contributed by atoms with Gasteiger partial charge in [-0.25, -0.2) is 4.98 Å². The molecule has 1 aromatic rings. The number of aromatic nitrogens is 2. The van der Waals surface area contributed by atoms with Gasteiger partial charge in [-0.05, 0) is 6.42 Å². The molecule has 1 N–H and O–H groups in total. The van der Waals surface area contributed by atoms with Crippen molar-refractivity contribution in [2.75, 3.05) is 0 Å². The molecule has 1 aromatic heterocycles. The second kappa shape index (κ2) is 2.87. The van der Waals surface area contributed by atoms with Gasteiger partial charge in [0.2, 0.25) is 0 Å². The Morgan fingerprint density at radius 2 is 2.56 bits per heavy atom. The number of imidazole rings is 1. The van der Waals surface area contributed by atoms with Crippen LogP contribution in [0.15, 0.2) is 6.33 Å². The van der Waals surface area contributed by atoms with Gasteiger partial charge in [-0.1, -0.05) is 24.9 Å². The Bertz CT molecular complexity index is 183. The van der Waals surface area contributed by atoms with Gasteiger partial charge < -0.3 is 4.98 Å². The van der Waals surface area contributed by atoms with E-state index in [1.807, 2.05) is 0 Å². The van der Waals surface area contributed by atoms with Crippen molar-refractivity contribution in [1.82, 2.24) is 9.97 Å². The Balaban J connectivity index is 2.69. The van der Waals surface area contributed by atoms with E-state index in [1.54, 1.807) is 6.33 Å². The fraction of sp³-hybridized carbons (Fsp3) is 0.500. The molecule has 0 saturated carbocycles. The van der Waals surface area contributed by atoms with Crippen LogP contribution < -0.4 is 0 Å². The van der Waals surface area contributed by atoms with Crippen LogP contribution in [0.2, 0.25) is 5.15 Å². The summed E-state index contributed by atoms with van der Waals surface area (Å²) in [5, 5.41) is 0.608. The van der Waals surface area contributed by atoms with Gasteiger partial charge in [0.1, 0.15) is 5.15 Å². The van der Waals surface area contributed by atoms with Gasteiger partial charge in [-0.15, -0.1) is 0 Å². The van der Waals surface area contributed by atoms with Crippen LogP contribution in [0, 0.1) is 0 Å². The molecular weight excluding hydrogens is 136 g/mol. The first-order chi connectivity index (χ1) is 4.34. The quantitative estimate of drug-likeness (QED) is 0.676. The second-order valence-corrected chi connectivity index (χ2v) is 2.28. The molecule has 0 aromatic carbocycles. The van der Waals surface area contributed by atoms with Crippen LogP contribution in [0.3, 0.4) is 0 Å². The molecule has 0 unspecified atom stereocenters. The molecular formula is C6H9ClN2. The molecule has 1 heterocycles. The van der Waals surface area contributed by atoms with E-state index < -0.39 is 0 Å². The molecule has 0 atom stereocenters. The first kappa shape index (κ1) is 6.62. The first-order valence-corrected chi connectivity index (χ1v) is 3.40. The summed E-state index contributed by atoms with van der Waals surface area (Å²) in [6.45, 7) is 2.11. The Morgan fingerprint density at radius 3 is 3.00 bits per heavy atom. The van der Waals surface area contributed by atoms with Gasteiger partial charge in [0, 0.05) is 0 Å². The van der Waals surface area contributed by atoms with Gasteiger partial charge in [0.15, 0.2) is 0 Å². The highest BCUT2D eigenvalue weighted by Crippen LogP contribution is 2.10. The summed E-state index contributed by atoms with van der Waals surface area (Å²) >= 11 is 5.68. The number of H-pyrrole nitrogens is 1. The van der Waals surface area contributed by atoms with Crippen LogP contribution in [0.4, 0.5) is 0 Å². The lowest BCUT2D eigenvalue weighted by Gasteiger charge is -1.89. The number of hydrogen-bond donors (Lipinski definition) is 1. The molecule has 0 bridgehead atoms. The third-order valence-electron chi connectivity index (χ3n) is 1.17. The van der Waals surface area contributed by atoms with Crippen molar-refractivity contribution in [3.8, 4) is 0 Å². The summed E-state index contributed by atoms with van der Waals surface area (Å²) in [4.78, 5) is 6.81. The number of aromatic amines is 1. The van der Waals surface area contributed by atoms with E-state index in [4.69, 9.17) is 11.6 Å². The number of aryl methyl sites for hydroxylation is 1. The van der Waals surface area contributed by atoms with Gasteiger partial charge >= 0.3 is 0 Å². The number of nitrogens with one attached hydrogen (secondary N) is 1. The summed E-state index contributed by atoms with van der Waals surface area (Å²) < 4.78 is 0. The van der Waals surface area contributed by atoms with E-state index >= 15 is 0 Å². The van der Waals surface area contributed by atoms with Crippen LogP contribution in [-0.2, 0) is 6.42 Å². The molecule has 0 aliphatic rings. The third-order valence-corrected chi connectivity index (χ3v) is 1.49. The van der Waals surface area contributed by atoms with E-state index in [-0.39, 0.29) is 0 Å². The molecule has 0 spiro atoms. The summed E-state index contributed by atoms with van der Waals surface area (Å²) in [5.41, 5.74) is 1.04. The van der Waals surface area contributed by atoms with Gasteiger partial charge in [-0.2, -0.15) is 0 Å².